The van der Waals surface area contributed by atoms with E-state index in [0.29, 0.717) is 5.69 Å². The molecule has 5 heteroatoms. The van der Waals surface area contributed by atoms with Crippen molar-refractivity contribution in [2.24, 2.45) is 0 Å². The van der Waals surface area contributed by atoms with Crippen molar-refractivity contribution in [3.8, 4) is 0 Å². The average molecular weight is 195 g/mol. The Hall–Kier alpha value is -1.36. The van der Waals surface area contributed by atoms with E-state index in [2.05, 4.69) is 15.0 Å². The van der Waals surface area contributed by atoms with Gasteiger partial charge in [0.1, 0.15) is 6.26 Å². The lowest BCUT2D eigenvalue weighted by Gasteiger charge is -2.33. The first-order valence-electron chi connectivity index (χ1n) is 4.71. The van der Waals surface area contributed by atoms with Crippen molar-refractivity contribution >= 4 is 5.91 Å². The Kier molecular flexibility index (Phi) is 2.49. The first kappa shape index (κ1) is 9.21. The van der Waals surface area contributed by atoms with Gasteiger partial charge in [-0.05, 0) is 6.92 Å². The summed E-state index contributed by atoms with van der Waals surface area (Å²) in [7, 11) is 0. The van der Waals surface area contributed by atoms with E-state index in [9.17, 15) is 4.79 Å². The van der Waals surface area contributed by atoms with E-state index in [0.717, 1.165) is 19.6 Å². The van der Waals surface area contributed by atoms with Gasteiger partial charge in [0.2, 0.25) is 0 Å². The molecule has 1 fully saturated rings. The van der Waals surface area contributed by atoms with Crippen LogP contribution in [0.2, 0.25) is 0 Å². The zero-order valence-corrected chi connectivity index (χ0v) is 8.06. The molecule has 1 aromatic heterocycles. The zero-order chi connectivity index (χ0) is 9.97. The molecule has 14 heavy (non-hydrogen) atoms. The molecule has 1 aromatic rings. The predicted molar refractivity (Wildman–Crippen MR) is 49.9 cm³/mol. The average Bonchev–Trinajstić information content (AvgIpc) is 2.70. The van der Waals surface area contributed by atoms with Crippen molar-refractivity contribution < 1.29 is 9.32 Å². The fourth-order valence-corrected chi connectivity index (χ4v) is 1.61. The van der Waals surface area contributed by atoms with E-state index in [-0.39, 0.29) is 11.9 Å². The van der Waals surface area contributed by atoms with Gasteiger partial charge in [0.15, 0.2) is 5.69 Å². The summed E-state index contributed by atoms with van der Waals surface area (Å²) in [6.07, 6.45) is 1.42. The van der Waals surface area contributed by atoms with Crippen LogP contribution in [-0.2, 0) is 0 Å². The minimum Gasteiger partial charge on any atom is -0.364 e. The van der Waals surface area contributed by atoms with E-state index >= 15 is 0 Å². The van der Waals surface area contributed by atoms with Crippen LogP contribution < -0.4 is 5.32 Å². The SMILES string of the molecule is C[C@@H]1CNCCN1C(=O)c1ccon1. The number of piperazine rings is 1. The lowest BCUT2D eigenvalue weighted by atomic mass is 10.2. The minimum absolute atomic E-state index is 0.0484. The number of nitrogens with zero attached hydrogens (tertiary/aromatic N) is 2. The largest absolute Gasteiger partial charge is 0.364 e. The summed E-state index contributed by atoms with van der Waals surface area (Å²) in [6.45, 7) is 4.43. The summed E-state index contributed by atoms with van der Waals surface area (Å²) in [4.78, 5) is 13.7. The van der Waals surface area contributed by atoms with Gasteiger partial charge >= 0.3 is 0 Å². The maximum atomic E-state index is 11.8. The molecule has 1 atom stereocenters. The van der Waals surface area contributed by atoms with Gasteiger partial charge in [0.05, 0.1) is 0 Å². The van der Waals surface area contributed by atoms with Crippen LogP contribution in [0.5, 0.6) is 0 Å². The third kappa shape index (κ3) is 1.63. The maximum absolute atomic E-state index is 11.8. The van der Waals surface area contributed by atoms with Crippen LogP contribution in [0.1, 0.15) is 17.4 Å². The Morgan fingerprint density at radius 1 is 1.79 bits per heavy atom. The second-order valence-electron chi connectivity index (χ2n) is 3.44. The predicted octanol–water partition coefficient (Wildman–Crippen LogP) is 0.108. The molecule has 1 N–H and O–H groups in total. The quantitative estimate of drug-likeness (QED) is 0.691. The second-order valence-corrected chi connectivity index (χ2v) is 3.44. The molecule has 0 bridgehead atoms. The highest BCUT2D eigenvalue weighted by Crippen LogP contribution is 2.08. The Labute approximate surface area is 82.1 Å². The monoisotopic (exact) mass is 195 g/mol. The maximum Gasteiger partial charge on any atom is 0.276 e. The normalized spacial score (nSPS) is 22.4. The minimum atomic E-state index is -0.0484. The van der Waals surface area contributed by atoms with E-state index in [1.807, 2.05) is 11.8 Å². The lowest BCUT2D eigenvalue weighted by Crippen LogP contribution is -2.52. The molecule has 0 spiro atoms. The molecule has 0 aliphatic carbocycles. The molecular weight excluding hydrogens is 182 g/mol. The van der Waals surface area contributed by atoms with Gasteiger partial charge < -0.3 is 14.7 Å². The third-order valence-electron chi connectivity index (χ3n) is 2.42. The van der Waals surface area contributed by atoms with Crippen LogP contribution in [-0.4, -0.2) is 41.6 Å². The fourth-order valence-electron chi connectivity index (χ4n) is 1.61. The van der Waals surface area contributed by atoms with E-state index in [1.54, 1.807) is 6.07 Å². The molecule has 2 rings (SSSR count). The van der Waals surface area contributed by atoms with Gasteiger partial charge in [-0.1, -0.05) is 5.16 Å². The highest BCUT2D eigenvalue weighted by molar-refractivity contribution is 5.92. The Morgan fingerprint density at radius 2 is 2.64 bits per heavy atom. The molecule has 0 saturated carbocycles. The van der Waals surface area contributed by atoms with Crippen molar-refractivity contribution in [1.29, 1.82) is 0 Å². The Bertz CT molecular complexity index is 310. The number of rotatable bonds is 1. The molecule has 1 amide bonds. The topological polar surface area (TPSA) is 58.4 Å². The Balaban J connectivity index is 2.10. The Morgan fingerprint density at radius 3 is 3.29 bits per heavy atom. The van der Waals surface area contributed by atoms with Crippen LogP contribution in [0.3, 0.4) is 0 Å². The summed E-state index contributed by atoms with van der Waals surface area (Å²) in [6, 6.07) is 1.81. The molecule has 0 unspecified atom stereocenters. The highest BCUT2D eigenvalue weighted by atomic mass is 16.5. The van der Waals surface area contributed by atoms with Crippen molar-refractivity contribution in [2.75, 3.05) is 19.6 Å². The van der Waals surface area contributed by atoms with Crippen molar-refractivity contribution in [1.82, 2.24) is 15.4 Å². The smallest absolute Gasteiger partial charge is 0.276 e. The van der Waals surface area contributed by atoms with Crippen LogP contribution in [0.25, 0.3) is 0 Å². The molecule has 1 saturated heterocycles. The van der Waals surface area contributed by atoms with E-state index in [1.165, 1.54) is 6.26 Å². The summed E-state index contributed by atoms with van der Waals surface area (Å²) in [5.74, 6) is -0.0484. The lowest BCUT2D eigenvalue weighted by molar-refractivity contribution is 0.0645. The van der Waals surface area contributed by atoms with E-state index < -0.39 is 0 Å². The number of aromatic nitrogens is 1. The summed E-state index contributed by atoms with van der Waals surface area (Å²) in [5.41, 5.74) is 0.388. The molecular formula is C9H13N3O2. The van der Waals surface area contributed by atoms with Gasteiger partial charge in [-0.2, -0.15) is 0 Å². The van der Waals surface area contributed by atoms with Gasteiger partial charge in [-0.15, -0.1) is 0 Å². The van der Waals surface area contributed by atoms with Crippen LogP contribution in [0.15, 0.2) is 16.9 Å². The highest BCUT2D eigenvalue weighted by Gasteiger charge is 2.25. The number of carbonyl (C=O) groups is 1. The first-order chi connectivity index (χ1) is 6.79. The summed E-state index contributed by atoms with van der Waals surface area (Å²) >= 11 is 0. The van der Waals surface area contributed by atoms with Crippen molar-refractivity contribution in [3.05, 3.63) is 18.0 Å². The standard InChI is InChI=1S/C9H13N3O2/c1-7-6-10-3-4-12(7)9(13)8-2-5-14-11-8/h2,5,7,10H,3-4,6H2,1H3/t7-/m1/s1. The number of amides is 1. The number of carbonyl (C=O) groups excluding carboxylic acids is 1. The molecule has 76 valence electrons. The molecule has 1 aliphatic rings. The van der Waals surface area contributed by atoms with Gasteiger partial charge in [-0.25, -0.2) is 0 Å². The van der Waals surface area contributed by atoms with E-state index in [4.69, 9.17) is 0 Å². The molecule has 2 heterocycles. The number of hydrogen-bond acceptors (Lipinski definition) is 4. The number of hydrogen-bond donors (Lipinski definition) is 1. The molecule has 0 radical (unpaired) electrons. The molecule has 0 aromatic carbocycles. The first-order valence-corrected chi connectivity index (χ1v) is 4.71. The van der Waals surface area contributed by atoms with Gasteiger partial charge in [0.25, 0.3) is 5.91 Å². The van der Waals surface area contributed by atoms with Crippen molar-refractivity contribution in [2.45, 2.75) is 13.0 Å². The summed E-state index contributed by atoms with van der Waals surface area (Å²) in [5, 5.41) is 6.87. The molecule has 1 aliphatic heterocycles. The number of nitrogens with one attached hydrogen (secondary N) is 1. The van der Waals surface area contributed by atoms with Crippen LogP contribution in [0, 0.1) is 0 Å². The zero-order valence-electron chi connectivity index (χ0n) is 8.06. The fraction of sp³-hybridized carbons (Fsp3) is 0.556. The molecule has 5 nitrogen and oxygen atoms in total. The van der Waals surface area contributed by atoms with Gasteiger partial charge in [-0.3, -0.25) is 4.79 Å². The summed E-state index contributed by atoms with van der Waals surface area (Å²) < 4.78 is 4.65. The second kappa shape index (κ2) is 3.79. The van der Waals surface area contributed by atoms with Crippen LogP contribution in [0.4, 0.5) is 0 Å². The van der Waals surface area contributed by atoms with Gasteiger partial charge in [0, 0.05) is 31.7 Å². The van der Waals surface area contributed by atoms with Crippen molar-refractivity contribution in [3.63, 3.8) is 0 Å². The van der Waals surface area contributed by atoms with Crippen LogP contribution >= 0.6 is 0 Å². The third-order valence-corrected chi connectivity index (χ3v) is 2.42.